The molecule has 0 aliphatic rings. The molecule has 0 aliphatic carbocycles. The highest BCUT2D eigenvalue weighted by Crippen LogP contribution is 2.44. The molecule has 0 spiro atoms. The van der Waals surface area contributed by atoms with Crippen molar-refractivity contribution in [2.75, 3.05) is 4.90 Å². The summed E-state index contributed by atoms with van der Waals surface area (Å²) < 4.78 is 9.29. The van der Waals surface area contributed by atoms with E-state index in [4.69, 9.17) is 4.42 Å². The SMILES string of the molecule is c1ccc(-c2ccc(N(c3ccc(-c4ccccc4)cc3)c3ccc4c(c3)oc3cc(-c5ccc6c(c5)c5ccccc5n6-c5ccccc5)c5ccccc5c34)cc2)cc1. The molecule has 12 rings (SSSR count). The summed E-state index contributed by atoms with van der Waals surface area (Å²) in [6, 6.07) is 82.7. The molecule has 10 aromatic carbocycles. The highest BCUT2D eigenvalue weighted by molar-refractivity contribution is 6.23. The van der Waals surface area contributed by atoms with E-state index in [1.165, 1.54) is 54.8 Å². The zero-order valence-corrected chi connectivity index (χ0v) is 33.2. The van der Waals surface area contributed by atoms with E-state index in [0.29, 0.717) is 0 Å². The number of fused-ring (bicyclic) bond motifs is 8. The first-order chi connectivity index (χ1) is 30.2. The molecule has 2 aromatic heterocycles. The summed E-state index contributed by atoms with van der Waals surface area (Å²) >= 11 is 0. The highest BCUT2D eigenvalue weighted by atomic mass is 16.3. The monoisotopic (exact) mass is 778 g/mol. The number of aromatic nitrogens is 1. The fourth-order valence-corrected chi connectivity index (χ4v) is 9.32. The maximum absolute atomic E-state index is 6.93. The largest absolute Gasteiger partial charge is 0.456 e. The van der Waals surface area contributed by atoms with Crippen LogP contribution >= 0.6 is 0 Å². The van der Waals surface area contributed by atoms with Gasteiger partial charge in [0.2, 0.25) is 0 Å². The zero-order valence-electron chi connectivity index (χ0n) is 33.2. The van der Waals surface area contributed by atoms with E-state index < -0.39 is 0 Å². The third kappa shape index (κ3) is 5.90. The van der Waals surface area contributed by atoms with Crippen LogP contribution in [0.5, 0.6) is 0 Å². The Bertz CT molecular complexity index is 3470. The Kier molecular flexibility index (Phi) is 8.17. The molecule has 61 heavy (non-hydrogen) atoms. The molecule has 0 unspecified atom stereocenters. The first kappa shape index (κ1) is 34.9. The topological polar surface area (TPSA) is 21.3 Å². The normalized spacial score (nSPS) is 11.6. The first-order valence-electron chi connectivity index (χ1n) is 20.8. The Morgan fingerprint density at radius 2 is 0.820 bits per heavy atom. The van der Waals surface area contributed by atoms with Crippen molar-refractivity contribution in [1.29, 1.82) is 0 Å². The summed E-state index contributed by atoms with van der Waals surface area (Å²) in [5.74, 6) is 0. The van der Waals surface area contributed by atoms with Crippen molar-refractivity contribution < 1.29 is 4.42 Å². The van der Waals surface area contributed by atoms with Gasteiger partial charge in [-0.3, -0.25) is 0 Å². The van der Waals surface area contributed by atoms with Gasteiger partial charge in [-0.15, -0.1) is 0 Å². The molecule has 0 saturated heterocycles. The molecule has 3 nitrogen and oxygen atoms in total. The lowest BCUT2D eigenvalue weighted by atomic mass is 9.94. The van der Waals surface area contributed by atoms with E-state index in [1.807, 2.05) is 0 Å². The summed E-state index contributed by atoms with van der Waals surface area (Å²) in [5.41, 5.74) is 15.5. The Morgan fingerprint density at radius 1 is 0.311 bits per heavy atom. The van der Waals surface area contributed by atoms with Gasteiger partial charge >= 0.3 is 0 Å². The van der Waals surface area contributed by atoms with Crippen LogP contribution in [0.2, 0.25) is 0 Å². The van der Waals surface area contributed by atoms with Crippen LogP contribution in [0, 0.1) is 0 Å². The van der Waals surface area contributed by atoms with Gasteiger partial charge in [-0.1, -0.05) is 152 Å². The molecular weight excluding hydrogens is 741 g/mol. The first-order valence-corrected chi connectivity index (χ1v) is 20.8. The van der Waals surface area contributed by atoms with Crippen LogP contribution in [0.1, 0.15) is 0 Å². The number of para-hydroxylation sites is 2. The minimum Gasteiger partial charge on any atom is -0.456 e. The predicted molar refractivity (Wildman–Crippen MR) is 257 cm³/mol. The molecule has 0 aliphatic heterocycles. The Labute approximate surface area is 353 Å². The molecule has 0 amide bonds. The van der Waals surface area contributed by atoms with Crippen LogP contribution < -0.4 is 4.90 Å². The van der Waals surface area contributed by atoms with E-state index >= 15 is 0 Å². The minimum absolute atomic E-state index is 0.850. The van der Waals surface area contributed by atoms with Crippen molar-refractivity contribution in [3.05, 3.63) is 231 Å². The van der Waals surface area contributed by atoms with Gasteiger partial charge in [0.15, 0.2) is 0 Å². The van der Waals surface area contributed by atoms with E-state index in [-0.39, 0.29) is 0 Å². The Balaban J connectivity index is 1.00. The number of benzene rings is 10. The fraction of sp³-hybridized carbons (Fsp3) is 0. The number of hydrogen-bond acceptors (Lipinski definition) is 2. The number of furan rings is 1. The summed E-state index contributed by atoms with van der Waals surface area (Å²) in [5, 5.41) is 7.07. The standard InChI is InChI=1S/C58H38N2O/c1-4-14-39(15-5-1)41-24-29-45(30-25-41)59(46-31-26-42(27-32-46)40-16-6-2-7-17-40)47-33-34-51-56(37-47)61-57-38-52(48-20-10-11-22-50(48)58(51)57)43-28-35-55-53(36-43)49-21-12-13-23-54(49)60(55)44-18-8-3-9-19-44/h1-38H. The second kappa shape index (κ2) is 14.3. The molecule has 0 atom stereocenters. The van der Waals surface area contributed by atoms with E-state index in [2.05, 4.69) is 240 Å². The maximum Gasteiger partial charge on any atom is 0.137 e. The second-order valence-electron chi connectivity index (χ2n) is 15.7. The van der Waals surface area contributed by atoms with Gasteiger partial charge < -0.3 is 13.9 Å². The Hall–Kier alpha value is -8.14. The highest BCUT2D eigenvalue weighted by Gasteiger charge is 2.20. The molecule has 0 N–H and O–H groups in total. The van der Waals surface area contributed by atoms with Crippen molar-refractivity contribution in [3.8, 4) is 39.1 Å². The third-order valence-corrected chi connectivity index (χ3v) is 12.2. The van der Waals surface area contributed by atoms with Crippen molar-refractivity contribution in [1.82, 2.24) is 4.57 Å². The second-order valence-corrected chi connectivity index (χ2v) is 15.7. The zero-order chi connectivity index (χ0) is 40.3. The summed E-state index contributed by atoms with van der Waals surface area (Å²) in [4.78, 5) is 2.32. The van der Waals surface area contributed by atoms with Crippen molar-refractivity contribution >= 4 is 71.6 Å². The van der Waals surface area contributed by atoms with Crippen LogP contribution in [0.3, 0.4) is 0 Å². The number of nitrogens with zero attached hydrogens (tertiary/aromatic N) is 2. The lowest BCUT2D eigenvalue weighted by Crippen LogP contribution is -2.09. The van der Waals surface area contributed by atoms with Crippen LogP contribution in [0.25, 0.3) is 93.6 Å². The summed E-state index contributed by atoms with van der Waals surface area (Å²) in [7, 11) is 0. The molecule has 0 saturated carbocycles. The van der Waals surface area contributed by atoms with E-state index in [9.17, 15) is 0 Å². The molecule has 3 heteroatoms. The van der Waals surface area contributed by atoms with Crippen LogP contribution in [-0.2, 0) is 0 Å². The lowest BCUT2D eigenvalue weighted by molar-refractivity contribution is 0.669. The quantitative estimate of drug-likeness (QED) is 0.161. The average molecular weight is 779 g/mol. The van der Waals surface area contributed by atoms with Gasteiger partial charge in [0.1, 0.15) is 11.2 Å². The summed E-state index contributed by atoms with van der Waals surface area (Å²) in [6.07, 6.45) is 0. The molecule has 12 aromatic rings. The number of anilines is 3. The number of hydrogen-bond donors (Lipinski definition) is 0. The van der Waals surface area contributed by atoms with E-state index in [1.54, 1.807) is 0 Å². The molecule has 286 valence electrons. The maximum atomic E-state index is 6.93. The molecule has 0 radical (unpaired) electrons. The van der Waals surface area contributed by atoms with Crippen LogP contribution in [-0.4, -0.2) is 4.57 Å². The molecule has 2 heterocycles. The van der Waals surface area contributed by atoms with Crippen LogP contribution in [0.4, 0.5) is 17.1 Å². The molecular formula is C58H38N2O. The van der Waals surface area contributed by atoms with Gasteiger partial charge in [0, 0.05) is 50.4 Å². The van der Waals surface area contributed by atoms with Gasteiger partial charge in [-0.05, 0) is 117 Å². The lowest BCUT2D eigenvalue weighted by Gasteiger charge is -2.26. The van der Waals surface area contributed by atoms with Crippen molar-refractivity contribution in [3.63, 3.8) is 0 Å². The van der Waals surface area contributed by atoms with Gasteiger partial charge in [0.25, 0.3) is 0 Å². The minimum atomic E-state index is 0.850. The Morgan fingerprint density at radius 3 is 1.48 bits per heavy atom. The third-order valence-electron chi connectivity index (χ3n) is 12.2. The van der Waals surface area contributed by atoms with Gasteiger partial charge in [0.05, 0.1) is 11.0 Å². The van der Waals surface area contributed by atoms with Crippen molar-refractivity contribution in [2.45, 2.75) is 0 Å². The van der Waals surface area contributed by atoms with Gasteiger partial charge in [-0.25, -0.2) is 0 Å². The average Bonchev–Trinajstić information content (AvgIpc) is 3.88. The van der Waals surface area contributed by atoms with E-state index in [0.717, 1.165) is 55.8 Å². The van der Waals surface area contributed by atoms with Gasteiger partial charge in [-0.2, -0.15) is 0 Å². The predicted octanol–water partition coefficient (Wildman–Crippen LogP) is 16.3. The molecule has 0 fully saturated rings. The fourth-order valence-electron chi connectivity index (χ4n) is 9.32. The number of rotatable bonds is 7. The smallest absolute Gasteiger partial charge is 0.137 e. The van der Waals surface area contributed by atoms with Crippen molar-refractivity contribution in [2.24, 2.45) is 0 Å². The summed E-state index contributed by atoms with van der Waals surface area (Å²) in [6.45, 7) is 0. The molecule has 0 bridgehead atoms. The van der Waals surface area contributed by atoms with Crippen LogP contribution in [0.15, 0.2) is 235 Å².